The number of hydrogen-bond acceptors (Lipinski definition) is 3. The molecule has 1 aliphatic heterocycles. The molecule has 110 valence electrons. The van der Waals surface area contributed by atoms with E-state index in [-0.39, 0.29) is 24.5 Å². The van der Waals surface area contributed by atoms with Crippen LogP contribution in [0.5, 0.6) is 5.75 Å². The molecule has 0 fully saturated rings. The standard InChI is InChI=1S/C16H23NO3/c1-12(2)17(8-5-9-18)16(19)14-10-13-6-3-4-7-15(13)20-11-14/h3-4,6-7,12,14,18H,5,8-11H2,1-2H3. The molecule has 1 unspecified atom stereocenters. The maximum absolute atomic E-state index is 12.6. The minimum Gasteiger partial charge on any atom is -0.492 e. The highest BCUT2D eigenvalue weighted by Crippen LogP contribution is 2.28. The first-order valence-electron chi connectivity index (χ1n) is 7.25. The van der Waals surface area contributed by atoms with Gasteiger partial charge in [0, 0.05) is 19.2 Å². The van der Waals surface area contributed by atoms with Crippen molar-refractivity contribution in [2.75, 3.05) is 19.8 Å². The van der Waals surface area contributed by atoms with Crippen LogP contribution in [-0.4, -0.2) is 41.7 Å². The highest BCUT2D eigenvalue weighted by molar-refractivity contribution is 5.80. The van der Waals surface area contributed by atoms with Gasteiger partial charge in [-0.25, -0.2) is 0 Å². The monoisotopic (exact) mass is 277 g/mol. The van der Waals surface area contributed by atoms with Gasteiger partial charge < -0.3 is 14.7 Å². The van der Waals surface area contributed by atoms with Crippen LogP contribution in [0, 0.1) is 5.92 Å². The molecule has 0 aromatic heterocycles. The summed E-state index contributed by atoms with van der Waals surface area (Å²) >= 11 is 0. The Labute approximate surface area is 120 Å². The molecule has 4 heteroatoms. The van der Waals surface area contributed by atoms with Crippen LogP contribution in [0.2, 0.25) is 0 Å². The molecule has 0 saturated carbocycles. The Balaban J connectivity index is 2.06. The summed E-state index contributed by atoms with van der Waals surface area (Å²) < 4.78 is 5.69. The number of carbonyl (C=O) groups is 1. The first-order valence-corrected chi connectivity index (χ1v) is 7.25. The Morgan fingerprint density at radius 3 is 2.90 bits per heavy atom. The predicted octanol–water partition coefficient (Wildman–Crippen LogP) is 1.86. The fourth-order valence-corrected chi connectivity index (χ4v) is 2.59. The number of benzene rings is 1. The Morgan fingerprint density at radius 2 is 2.20 bits per heavy atom. The molecule has 0 spiro atoms. The van der Waals surface area contributed by atoms with Gasteiger partial charge in [0.25, 0.3) is 0 Å². The van der Waals surface area contributed by atoms with Crippen LogP contribution in [-0.2, 0) is 11.2 Å². The fraction of sp³-hybridized carbons (Fsp3) is 0.562. The summed E-state index contributed by atoms with van der Waals surface area (Å²) in [5.41, 5.74) is 1.10. The van der Waals surface area contributed by atoms with E-state index in [0.717, 1.165) is 17.7 Å². The van der Waals surface area contributed by atoms with Crippen molar-refractivity contribution in [3.8, 4) is 5.75 Å². The second kappa shape index (κ2) is 6.75. The quantitative estimate of drug-likeness (QED) is 0.893. The normalized spacial score (nSPS) is 17.5. The van der Waals surface area contributed by atoms with Crippen LogP contribution in [0.3, 0.4) is 0 Å². The molecule has 1 atom stereocenters. The number of aliphatic hydroxyl groups excluding tert-OH is 1. The molecule has 0 radical (unpaired) electrons. The number of hydrogen-bond donors (Lipinski definition) is 1. The minimum absolute atomic E-state index is 0.112. The molecular formula is C16H23NO3. The van der Waals surface area contributed by atoms with E-state index < -0.39 is 0 Å². The molecule has 2 rings (SSSR count). The van der Waals surface area contributed by atoms with Gasteiger partial charge in [-0.3, -0.25) is 4.79 Å². The van der Waals surface area contributed by atoms with Crippen LogP contribution in [0.1, 0.15) is 25.8 Å². The van der Waals surface area contributed by atoms with Crippen molar-refractivity contribution in [3.63, 3.8) is 0 Å². The fourth-order valence-electron chi connectivity index (χ4n) is 2.59. The maximum atomic E-state index is 12.6. The Bertz CT molecular complexity index is 459. The number of carbonyl (C=O) groups excluding carboxylic acids is 1. The molecule has 0 aliphatic carbocycles. The van der Waals surface area contributed by atoms with Gasteiger partial charge in [0.05, 0.1) is 5.92 Å². The number of aliphatic hydroxyl groups is 1. The van der Waals surface area contributed by atoms with E-state index in [1.54, 1.807) is 0 Å². The Hall–Kier alpha value is -1.55. The van der Waals surface area contributed by atoms with Gasteiger partial charge in [-0.05, 0) is 38.3 Å². The van der Waals surface area contributed by atoms with Gasteiger partial charge in [0.15, 0.2) is 0 Å². The second-order valence-corrected chi connectivity index (χ2v) is 5.52. The van der Waals surface area contributed by atoms with Crippen molar-refractivity contribution in [3.05, 3.63) is 29.8 Å². The van der Waals surface area contributed by atoms with E-state index in [0.29, 0.717) is 19.6 Å². The van der Waals surface area contributed by atoms with Gasteiger partial charge in [0.2, 0.25) is 5.91 Å². The van der Waals surface area contributed by atoms with Crippen molar-refractivity contribution in [1.29, 1.82) is 0 Å². The number of nitrogens with zero attached hydrogens (tertiary/aromatic N) is 1. The van der Waals surface area contributed by atoms with E-state index in [4.69, 9.17) is 9.84 Å². The minimum atomic E-state index is -0.119. The average molecular weight is 277 g/mol. The number of para-hydroxylation sites is 1. The average Bonchev–Trinajstić information content (AvgIpc) is 2.46. The maximum Gasteiger partial charge on any atom is 0.229 e. The van der Waals surface area contributed by atoms with Crippen molar-refractivity contribution in [1.82, 2.24) is 4.90 Å². The van der Waals surface area contributed by atoms with Crippen LogP contribution in [0.15, 0.2) is 24.3 Å². The number of amides is 1. The van der Waals surface area contributed by atoms with Gasteiger partial charge in [-0.2, -0.15) is 0 Å². The van der Waals surface area contributed by atoms with Crippen molar-refractivity contribution >= 4 is 5.91 Å². The topological polar surface area (TPSA) is 49.8 Å². The third kappa shape index (κ3) is 3.31. The van der Waals surface area contributed by atoms with Crippen molar-refractivity contribution < 1.29 is 14.6 Å². The Kier molecular flexibility index (Phi) is 5.01. The molecule has 20 heavy (non-hydrogen) atoms. The van der Waals surface area contributed by atoms with Gasteiger partial charge in [-0.15, -0.1) is 0 Å². The Morgan fingerprint density at radius 1 is 1.45 bits per heavy atom. The van der Waals surface area contributed by atoms with E-state index >= 15 is 0 Å². The summed E-state index contributed by atoms with van der Waals surface area (Å²) in [5.74, 6) is 0.900. The largest absolute Gasteiger partial charge is 0.492 e. The molecule has 1 N–H and O–H groups in total. The lowest BCUT2D eigenvalue weighted by Crippen LogP contribution is -2.45. The third-order valence-corrected chi connectivity index (χ3v) is 3.69. The van der Waals surface area contributed by atoms with Crippen LogP contribution in [0.25, 0.3) is 0 Å². The molecule has 1 aliphatic rings. The van der Waals surface area contributed by atoms with Crippen molar-refractivity contribution in [2.45, 2.75) is 32.7 Å². The molecule has 1 heterocycles. The van der Waals surface area contributed by atoms with Crippen molar-refractivity contribution in [2.24, 2.45) is 5.92 Å². The number of ether oxygens (including phenoxy) is 1. The lowest BCUT2D eigenvalue weighted by atomic mass is 9.95. The van der Waals surface area contributed by atoms with Crippen LogP contribution >= 0.6 is 0 Å². The van der Waals surface area contributed by atoms with Gasteiger partial charge in [-0.1, -0.05) is 18.2 Å². The predicted molar refractivity (Wildman–Crippen MR) is 77.7 cm³/mol. The van der Waals surface area contributed by atoms with Gasteiger partial charge >= 0.3 is 0 Å². The summed E-state index contributed by atoms with van der Waals surface area (Å²) in [6, 6.07) is 8.03. The first-order chi connectivity index (χ1) is 9.63. The molecular weight excluding hydrogens is 254 g/mol. The van der Waals surface area contributed by atoms with E-state index in [1.165, 1.54) is 0 Å². The SMILES string of the molecule is CC(C)N(CCCO)C(=O)C1COc2ccccc2C1. The van der Waals surface area contributed by atoms with E-state index in [9.17, 15) is 4.79 Å². The lowest BCUT2D eigenvalue weighted by Gasteiger charge is -2.32. The smallest absolute Gasteiger partial charge is 0.229 e. The molecule has 1 aromatic carbocycles. The highest BCUT2D eigenvalue weighted by Gasteiger charge is 2.30. The third-order valence-electron chi connectivity index (χ3n) is 3.69. The zero-order valence-corrected chi connectivity index (χ0v) is 12.2. The van der Waals surface area contributed by atoms with Crippen LogP contribution in [0.4, 0.5) is 0 Å². The molecule has 1 aromatic rings. The summed E-state index contributed by atoms with van der Waals surface area (Å²) in [7, 11) is 0. The summed E-state index contributed by atoms with van der Waals surface area (Å²) in [6.45, 7) is 5.17. The zero-order chi connectivity index (χ0) is 14.5. The van der Waals surface area contributed by atoms with Crippen LogP contribution < -0.4 is 4.74 Å². The summed E-state index contributed by atoms with van der Waals surface area (Å²) in [6.07, 6.45) is 1.35. The van der Waals surface area contributed by atoms with E-state index in [2.05, 4.69) is 0 Å². The first kappa shape index (κ1) is 14.9. The molecule has 0 bridgehead atoms. The summed E-state index contributed by atoms with van der Waals surface area (Å²) in [4.78, 5) is 14.5. The summed E-state index contributed by atoms with van der Waals surface area (Å²) in [5, 5.41) is 8.96. The lowest BCUT2D eigenvalue weighted by molar-refractivity contribution is -0.138. The van der Waals surface area contributed by atoms with E-state index in [1.807, 2.05) is 43.0 Å². The molecule has 0 saturated heterocycles. The number of rotatable bonds is 5. The molecule has 4 nitrogen and oxygen atoms in total. The number of fused-ring (bicyclic) bond motifs is 1. The second-order valence-electron chi connectivity index (χ2n) is 5.52. The highest BCUT2D eigenvalue weighted by atomic mass is 16.5. The zero-order valence-electron chi connectivity index (χ0n) is 12.2. The molecule has 1 amide bonds. The van der Waals surface area contributed by atoms with Gasteiger partial charge in [0.1, 0.15) is 12.4 Å².